The second-order valence-electron chi connectivity index (χ2n) is 9.30. The zero-order valence-corrected chi connectivity index (χ0v) is 25.8. The van der Waals surface area contributed by atoms with Crippen molar-refractivity contribution in [2.45, 2.75) is 25.7 Å². The lowest BCUT2D eigenvalue weighted by Gasteiger charge is -2.25. The maximum atomic E-state index is 13.8. The molecule has 1 aromatic heterocycles. The van der Waals surface area contributed by atoms with Gasteiger partial charge in [0.1, 0.15) is 18.0 Å². The number of rotatable bonds is 10. The van der Waals surface area contributed by atoms with Crippen LogP contribution in [0, 0.1) is 20.8 Å². The Morgan fingerprint density at radius 2 is 1.73 bits per heavy atom. The van der Waals surface area contributed by atoms with Crippen LogP contribution in [0.3, 0.4) is 0 Å². The number of halogens is 1. The standard InChI is InChI=1S/C30H31BrN4O5S/c1-20-9-12-27(13-10-20)41(37,38)34(28-17-26(39-4)11-14-29(28)40-5)19-30(36)33-32-18-23-15-21(2)35(22(23)3)25-8-6-7-24(31)16-25/h6-18H,19H2,1-5H3,(H,33,36)/b32-18-. The van der Waals surface area contributed by atoms with Crippen LogP contribution in [-0.2, 0) is 14.8 Å². The number of carbonyl (C=O) groups excluding carboxylic acids is 1. The molecule has 3 aromatic carbocycles. The van der Waals surface area contributed by atoms with Crippen molar-refractivity contribution in [3.8, 4) is 17.2 Å². The van der Waals surface area contributed by atoms with Gasteiger partial charge in [0.2, 0.25) is 0 Å². The fraction of sp³-hybridized carbons (Fsp3) is 0.200. The zero-order valence-electron chi connectivity index (χ0n) is 23.4. The van der Waals surface area contributed by atoms with Crippen LogP contribution in [0.4, 0.5) is 5.69 Å². The molecule has 1 amide bonds. The van der Waals surface area contributed by atoms with Crippen molar-refractivity contribution in [1.82, 2.24) is 9.99 Å². The second kappa shape index (κ2) is 12.6. The summed E-state index contributed by atoms with van der Waals surface area (Å²) >= 11 is 3.51. The summed E-state index contributed by atoms with van der Waals surface area (Å²) in [4.78, 5) is 13.1. The van der Waals surface area contributed by atoms with Gasteiger partial charge in [0, 0.05) is 33.2 Å². The summed E-state index contributed by atoms with van der Waals surface area (Å²) in [5, 5.41) is 4.13. The van der Waals surface area contributed by atoms with Crippen LogP contribution < -0.4 is 19.2 Å². The minimum absolute atomic E-state index is 0.0317. The predicted octanol–water partition coefficient (Wildman–Crippen LogP) is 5.53. The van der Waals surface area contributed by atoms with Crippen molar-refractivity contribution in [2.75, 3.05) is 25.1 Å². The van der Waals surface area contributed by atoms with Gasteiger partial charge < -0.3 is 14.0 Å². The number of benzene rings is 3. The van der Waals surface area contributed by atoms with E-state index in [0.717, 1.165) is 37.0 Å². The number of anilines is 1. The summed E-state index contributed by atoms with van der Waals surface area (Å²) < 4.78 is 42.4. The summed E-state index contributed by atoms with van der Waals surface area (Å²) in [5.74, 6) is 0.0320. The van der Waals surface area contributed by atoms with Gasteiger partial charge in [-0.15, -0.1) is 0 Å². The van der Waals surface area contributed by atoms with Crippen molar-refractivity contribution in [3.05, 3.63) is 99.8 Å². The molecule has 0 unspecified atom stereocenters. The number of nitrogens with one attached hydrogen (secondary N) is 1. The van der Waals surface area contributed by atoms with E-state index in [1.54, 1.807) is 30.5 Å². The minimum atomic E-state index is -4.17. The highest BCUT2D eigenvalue weighted by Gasteiger charge is 2.30. The SMILES string of the molecule is COc1ccc(OC)c(N(CC(=O)N/N=C\c2cc(C)n(-c3cccc(Br)c3)c2C)S(=O)(=O)c2ccc(C)cc2)c1. The highest BCUT2D eigenvalue weighted by atomic mass is 79.9. The number of carbonyl (C=O) groups is 1. The smallest absolute Gasteiger partial charge is 0.264 e. The first kappa shape index (κ1) is 29.9. The van der Waals surface area contributed by atoms with E-state index in [1.165, 1.54) is 32.4 Å². The number of sulfonamides is 1. The number of hydrogen-bond acceptors (Lipinski definition) is 6. The van der Waals surface area contributed by atoms with Crippen LogP contribution in [0.25, 0.3) is 5.69 Å². The molecule has 0 aliphatic carbocycles. The van der Waals surface area contributed by atoms with Crippen LogP contribution in [0.1, 0.15) is 22.5 Å². The van der Waals surface area contributed by atoms with Gasteiger partial charge in [0.25, 0.3) is 15.9 Å². The van der Waals surface area contributed by atoms with Crippen molar-refractivity contribution >= 4 is 43.8 Å². The molecule has 9 nitrogen and oxygen atoms in total. The molecule has 0 spiro atoms. The summed E-state index contributed by atoms with van der Waals surface area (Å²) in [6.45, 7) is 5.26. The number of hydrogen-bond donors (Lipinski definition) is 1. The van der Waals surface area contributed by atoms with Crippen LogP contribution in [0.2, 0.25) is 0 Å². The normalized spacial score (nSPS) is 11.5. The molecule has 0 radical (unpaired) electrons. The van der Waals surface area contributed by atoms with Crippen molar-refractivity contribution in [2.24, 2.45) is 5.10 Å². The molecular weight excluding hydrogens is 608 g/mol. The van der Waals surface area contributed by atoms with Crippen LogP contribution in [0.5, 0.6) is 11.5 Å². The van der Waals surface area contributed by atoms with Gasteiger partial charge >= 0.3 is 0 Å². The maximum Gasteiger partial charge on any atom is 0.264 e. The van der Waals surface area contributed by atoms with Gasteiger partial charge in [-0.2, -0.15) is 5.10 Å². The van der Waals surface area contributed by atoms with E-state index < -0.39 is 22.5 Å². The van der Waals surface area contributed by atoms with E-state index in [-0.39, 0.29) is 16.3 Å². The van der Waals surface area contributed by atoms with Crippen molar-refractivity contribution in [3.63, 3.8) is 0 Å². The number of hydrazone groups is 1. The van der Waals surface area contributed by atoms with Gasteiger partial charge in [-0.1, -0.05) is 39.7 Å². The van der Waals surface area contributed by atoms with E-state index in [0.29, 0.717) is 5.75 Å². The Balaban J connectivity index is 1.62. The minimum Gasteiger partial charge on any atom is -0.497 e. The number of aryl methyl sites for hydroxylation is 2. The molecule has 214 valence electrons. The van der Waals surface area contributed by atoms with Crippen LogP contribution in [-0.4, -0.2) is 45.9 Å². The first-order valence-corrected chi connectivity index (χ1v) is 14.9. The summed E-state index contributed by atoms with van der Waals surface area (Å²) in [6.07, 6.45) is 1.54. The number of nitrogens with zero attached hydrogens (tertiary/aromatic N) is 3. The molecule has 0 fully saturated rings. The topological polar surface area (TPSA) is 102 Å². The van der Waals surface area contributed by atoms with E-state index >= 15 is 0 Å². The molecule has 4 rings (SSSR count). The van der Waals surface area contributed by atoms with Crippen LogP contribution >= 0.6 is 15.9 Å². The fourth-order valence-corrected chi connectivity index (χ4v) is 6.21. The molecule has 0 aliphatic heterocycles. The number of aromatic nitrogens is 1. The van der Waals surface area contributed by atoms with Gasteiger partial charge in [0.05, 0.1) is 31.0 Å². The van der Waals surface area contributed by atoms with E-state index in [1.807, 2.05) is 51.1 Å². The molecule has 41 heavy (non-hydrogen) atoms. The van der Waals surface area contributed by atoms with Gasteiger partial charge in [-0.05, 0) is 69.3 Å². The lowest BCUT2D eigenvalue weighted by molar-refractivity contribution is -0.119. The Kier molecular flexibility index (Phi) is 9.19. The molecule has 0 aliphatic rings. The average Bonchev–Trinajstić information content (AvgIpc) is 3.23. The molecule has 1 heterocycles. The Morgan fingerprint density at radius 3 is 2.39 bits per heavy atom. The maximum absolute atomic E-state index is 13.8. The third-order valence-electron chi connectivity index (χ3n) is 6.48. The third-order valence-corrected chi connectivity index (χ3v) is 8.75. The molecule has 1 N–H and O–H groups in total. The van der Waals surface area contributed by atoms with Crippen molar-refractivity contribution in [1.29, 1.82) is 0 Å². The fourth-order valence-electron chi connectivity index (χ4n) is 4.40. The Morgan fingerprint density at radius 1 is 1.00 bits per heavy atom. The molecule has 0 saturated carbocycles. The molecule has 4 aromatic rings. The highest BCUT2D eigenvalue weighted by molar-refractivity contribution is 9.10. The molecule has 0 saturated heterocycles. The lowest BCUT2D eigenvalue weighted by atomic mass is 10.2. The first-order valence-electron chi connectivity index (χ1n) is 12.6. The van der Waals surface area contributed by atoms with Crippen molar-refractivity contribution < 1.29 is 22.7 Å². The van der Waals surface area contributed by atoms with E-state index in [2.05, 4.69) is 31.0 Å². The quantitative estimate of drug-likeness (QED) is 0.182. The van der Waals surface area contributed by atoms with Gasteiger partial charge in [-0.25, -0.2) is 13.8 Å². The lowest BCUT2D eigenvalue weighted by Crippen LogP contribution is -2.39. The summed E-state index contributed by atoms with van der Waals surface area (Å²) in [7, 11) is -1.27. The predicted molar refractivity (Wildman–Crippen MR) is 164 cm³/mol. The molecule has 0 bridgehead atoms. The van der Waals surface area contributed by atoms with Crippen LogP contribution in [0.15, 0.2) is 87.3 Å². The van der Waals surface area contributed by atoms with E-state index in [4.69, 9.17) is 9.47 Å². The van der Waals surface area contributed by atoms with Gasteiger partial charge in [0.15, 0.2) is 0 Å². The zero-order chi connectivity index (χ0) is 29.7. The Hall–Kier alpha value is -4.09. The van der Waals surface area contributed by atoms with E-state index in [9.17, 15) is 13.2 Å². The largest absolute Gasteiger partial charge is 0.497 e. The Labute approximate surface area is 248 Å². The number of methoxy groups -OCH3 is 2. The summed E-state index contributed by atoms with van der Waals surface area (Å²) in [5.41, 5.74) is 7.25. The monoisotopic (exact) mass is 638 g/mol. The molecule has 11 heteroatoms. The number of amides is 1. The second-order valence-corrected chi connectivity index (χ2v) is 12.1. The average molecular weight is 640 g/mol. The first-order chi connectivity index (χ1) is 19.5. The Bertz CT molecular complexity index is 1700. The highest BCUT2D eigenvalue weighted by Crippen LogP contribution is 2.35. The third kappa shape index (κ3) is 6.63. The number of ether oxygens (including phenoxy) is 2. The molecular formula is C30H31BrN4O5S. The summed E-state index contributed by atoms with van der Waals surface area (Å²) in [6, 6.07) is 21.0. The van der Waals surface area contributed by atoms with Gasteiger partial charge in [-0.3, -0.25) is 9.10 Å². The molecule has 0 atom stereocenters.